The lowest BCUT2D eigenvalue weighted by molar-refractivity contribution is 0.716. The fraction of sp³-hybridized carbons (Fsp3) is 0.583. The van der Waals surface area contributed by atoms with Gasteiger partial charge in [-0.3, -0.25) is 4.99 Å². The topological polar surface area (TPSA) is 38.4 Å². The molecule has 2 nitrogen and oxygen atoms in total. The van der Waals surface area contributed by atoms with E-state index in [-0.39, 0.29) is 0 Å². The van der Waals surface area contributed by atoms with E-state index < -0.39 is 0 Å². The highest BCUT2D eigenvalue weighted by Gasteiger charge is 2.18. The Morgan fingerprint density at radius 3 is 2.80 bits per heavy atom. The molecule has 1 heterocycles. The summed E-state index contributed by atoms with van der Waals surface area (Å²) in [6.45, 7) is 2.89. The van der Waals surface area contributed by atoms with Gasteiger partial charge in [0.2, 0.25) is 0 Å². The summed E-state index contributed by atoms with van der Waals surface area (Å²) in [6, 6.07) is 4.28. The first kappa shape index (κ1) is 10.7. The number of thiophene rings is 1. The number of aryl methyl sites for hydroxylation is 1. The molecular weight excluding hydrogens is 204 g/mol. The number of amidine groups is 1. The summed E-state index contributed by atoms with van der Waals surface area (Å²) in [5, 5.41) is 0. The standard InChI is InChI=1S/C12H18N2S/c1-9-6-7-11(15-9)8-14-12(13)10-4-2-3-5-10/h6-7,10H,2-5,8H2,1H3,(H2,13,14). The van der Waals surface area contributed by atoms with Crippen LogP contribution in [-0.2, 0) is 6.54 Å². The highest BCUT2D eigenvalue weighted by Crippen LogP contribution is 2.25. The van der Waals surface area contributed by atoms with Gasteiger partial charge in [0.05, 0.1) is 12.4 Å². The molecule has 2 rings (SSSR count). The van der Waals surface area contributed by atoms with Crippen LogP contribution in [0.2, 0.25) is 0 Å². The molecule has 2 N–H and O–H groups in total. The van der Waals surface area contributed by atoms with Crippen LogP contribution in [0.3, 0.4) is 0 Å². The van der Waals surface area contributed by atoms with Crippen molar-refractivity contribution in [3.8, 4) is 0 Å². The summed E-state index contributed by atoms with van der Waals surface area (Å²) in [4.78, 5) is 7.15. The normalized spacial score (nSPS) is 18.6. The van der Waals surface area contributed by atoms with Crippen molar-refractivity contribution in [3.63, 3.8) is 0 Å². The van der Waals surface area contributed by atoms with Gasteiger partial charge in [-0.1, -0.05) is 12.8 Å². The summed E-state index contributed by atoms with van der Waals surface area (Å²) >= 11 is 1.81. The van der Waals surface area contributed by atoms with Crippen LogP contribution < -0.4 is 5.73 Å². The second kappa shape index (κ2) is 4.79. The van der Waals surface area contributed by atoms with E-state index in [1.165, 1.54) is 35.4 Å². The van der Waals surface area contributed by atoms with Crippen molar-refractivity contribution < 1.29 is 0 Å². The van der Waals surface area contributed by atoms with E-state index in [0.717, 1.165) is 12.4 Å². The van der Waals surface area contributed by atoms with Gasteiger partial charge in [0.15, 0.2) is 0 Å². The van der Waals surface area contributed by atoms with E-state index in [1.807, 2.05) is 11.3 Å². The van der Waals surface area contributed by atoms with Gasteiger partial charge in [0.25, 0.3) is 0 Å². The fourth-order valence-electron chi connectivity index (χ4n) is 2.09. The molecule has 82 valence electrons. The molecule has 1 aromatic rings. The SMILES string of the molecule is Cc1ccc(CN=C(N)C2CCCC2)s1. The minimum atomic E-state index is 0.561. The second-order valence-electron chi connectivity index (χ2n) is 4.23. The average Bonchev–Trinajstić information content (AvgIpc) is 2.84. The lowest BCUT2D eigenvalue weighted by Gasteiger charge is -2.07. The first-order valence-electron chi connectivity index (χ1n) is 5.61. The molecule has 15 heavy (non-hydrogen) atoms. The van der Waals surface area contributed by atoms with E-state index in [9.17, 15) is 0 Å². The third-order valence-corrected chi connectivity index (χ3v) is 3.97. The zero-order valence-electron chi connectivity index (χ0n) is 9.20. The van der Waals surface area contributed by atoms with Gasteiger partial charge in [-0.2, -0.15) is 0 Å². The second-order valence-corrected chi connectivity index (χ2v) is 5.61. The van der Waals surface area contributed by atoms with Gasteiger partial charge in [0.1, 0.15) is 0 Å². The van der Waals surface area contributed by atoms with Crippen molar-refractivity contribution in [2.75, 3.05) is 0 Å². The molecule has 0 atom stereocenters. The maximum absolute atomic E-state index is 5.99. The molecule has 1 fully saturated rings. The Morgan fingerprint density at radius 2 is 2.20 bits per heavy atom. The van der Waals surface area contributed by atoms with Crippen molar-refractivity contribution in [3.05, 3.63) is 21.9 Å². The van der Waals surface area contributed by atoms with Crippen molar-refractivity contribution in [2.24, 2.45) is 16.6 Å². The van der Waals surface area contributed by atoms with E-state index in [2.05, 4.69) is 24.0 Å². The maximum Gasteiger partial charge on any atom is 0.0972 e. The highest BCUT2D eigenvalue weighted by atomic mass is 32.1. The Kier molecular flexibility index (Phi) is 3.41. The smallest absolute Gasteiger partial charge is 0.0972 e. The molecule has 3 heteroatoms. The summed E-state index contributed by atoms with van der Waals surface area (Å²) in [5.41, 5.74) is 5.99. The van der Waals surface area contributed by atoms with Crippen molar-refractivity contribution in [1.29, 1.82) is 0 Å². The number of hydrogen-bond acceptors (Lipinski definition) is 2. The Balaban J connectivity index is 1.92. The quantitative estimate of drug-likeness (QED) is 0.619. The molecule has 0 radical (unpaired) electrons. The predicted octanol–water partition coefficient (Wildman–Crippen LogP) is 3.10. The number of nitrogens with zero attached hydrogens (tertiary/aromatic N) is 1. The zero-order chi connectivity index (χ0) is 10.7. The summed E-state index contributed by atoms with van der Waals surface area (Å²) in [5.74, 6) is 1.43. The van der Waals surface area contributed by atoms with E-state index in [1.54, 1.807) is 0 Å². The van der Waals surface area contributed by atoms with Crippen LogP contribution in [0.25, 0.3) is 0 Å². The zero-order valence-corrected chi connectivity index (χ0v) is 10.0. The molecule has 0 aromatic carbocycles. The number of aliphatic imine (C=N–C) groups is 1. The molecule has 1 aliphatic carbocycles. The van der Waals surface area contributed by atoms with Crippen LogP contribution in [0.5, 0.6) is 0 Å². The van der Waals surface area contributed by atoms with Crippen LogP contribution in [-0.4, -0.2) is 5.84 Å². The first-order valence-corrected chi connectivity index (χ1v) is 6.42. The van der Waals surface area contributed by atoms with Crippen LogP contribution in [0, 0.1) is 12.8 Å². The molecule has 1 aliphatic rings. The number of hydrogen-bond donors (Lipinski definition) is 1. The minimum Gasteiger partial charge on any atom is -0.387 e. The van der Waals surface area contributed by atoms with Crippen LogP contribution in [0.15, 0.2) is 17.1 Å². The molecule has 1 saturated carbocycles. The largest absolute Gasteiger partial charge is 0.387 e. The molecule has 1 aromatic heterocycles. The van der Waals surface area contributed by atoms with Gasteiger partial charge in [-0.15, -0.1) is 11.3 Å². The lowest BCUT2D eigenvalue weighted by atomic mass is 10.1. The van der Waals surface area contributed by atoms with E-state index >= 15 is 0 Å². The van der Waals surface area contributed by atoms with E-state index in [0.29, 0.717) is 5.92 Å². The van der Waals surface area contributed by atoms with Crippen LogP contribution >= 0.6 is 11.3 Å². The van der Waals surface area contributed by atoms with Gasteiger partial charge >= 0.3 is 0 Å². The number of nitrogens with two attached hydrogens (primary N) is 1. The lowest BCUT2D eigenvalue weighted by Crippen LogP contribution is -2.21. The Bertz CT molecular complexity index is 348. The third-order valence-electron chi connectivity index (χ3n) is 2.99. The Labute approximate surface area is 95.2 Å². The molecular formula is C12H18N2S. The van der Waals surface area contributed by atoms with E-state index in [4.69, 9.17) is 5.73 Å². The maximum atomic E-state index is 5.99. The molecule has 0 bridgehead atoms. The molecule has 0 unspecified atom stereocenters. The summed E-state index contributed by atoms with van der Waals surface area (Å²) in [7, 11) is 0. The van der Waals surface area contributed by atoms with Gasteiger partial charge < -0.3 is 5.73 Å². The average molecular weight is 222 g/mol. The van der Waals surface area contributed by atoms with Crippen molar-refractivity contribution in [2.45, 2.75) is 39.2 Å². The third kappa shape index (κ3) is 2.81. The predicted molar refractivity (Wildman–Crippen MR) is 66.3 cm³/mol. The van der Waals surface area contributed by atoms with Gasteiger partial charge in [-0.25, -0.2) is 0 Å². The van der Waals surface area contributed by atoms with Gasteiger partial charge in [0, 0.05) is 15.7 Å². The monoisotopic (exact) mass is 222 g/mol. The Hall–Kier alpha value is -0.830. The van der Waals surface area contributed by atoms with Crippen LogP contribution in [0.1, 0.15) is 35.4 Å². The van der Waals surface area contributed by atoms with Crippen molar-refractivity contribution >= 4 is 17.2 Å². The fourth-order valence-corrected chi connectivity index (χ4v) is 2.90. The Morgan fingerprint density at radius 1 is 1.47 bits per heavy atom. The molecule has 0 amide bonds. The number of rotatable bonds is 3. The van der Waals surface area contributed by atoms with Gasteiger partial charge in [-0.05, 0) is 31.9 Å². The van der Waals surface area contributed by atoms with Crippen LogP contribution in [0.4, 0.5) is 0 Å². The van der Waals surface area contributed by atoms with Crippen molar-refractivity contribution in [1.82, 2.24) is 0 Å². The first-order chi connectivity index (χ1) is 7.25. The summed E-state index contributed by atoms with van der Waals surface area (Å²) in [6.07, 6.45) is 5.11. The molecule has 0 saturated heterocycles. The minimum absolute atomic E-state index is 0.561. The molecule has 0 spiro atoms. The highest BCUT2D eigenvalue weighted by molar-refractivity contribution is 7.11. The summed E-state index contributed by atoms with van der Waals surface area (Å²) < 4.78 is 0. The molecule has 0 aliphatic heterocycles.